The molecular formula is C16H22FIN4OS. The average Bonchev–Trinajstić information content (AvgIpc) is 2.93. The lowest BCUT2D eigenvalue weighted by Gasteiger charge is -2.17. The van der Waals surface area contributed by atoms with Crippen molar-refractivity contribution in [2.24, 2.45) is 4.99 Å². The van der Waals surface area contributed by atoms with Crippen molar-refractivity contribution >= 4 is 41.3 Å². The largest absolute Gasteiger partial charge is 0.489 e. The van der Waals surface area contributed by atoms with E-state index in [0.29, 0.717) is 24.8 Å². The molecular weight excluding hydrogens is 442 g/mol. The lowest BCUT2D eigenvalue weighted by Crippen LogP contribution is -2.41. The molecule has 0 aliphatic carbocycles. The van der Waals surface area contributed by atoms with Crippen LogP contribution in [-0.2, 0) is 6.54 Å². The van der Waals surface area contributed by atoms with E-state index in [1.54, 1.807) is 30.5 Å². The number of aliphatic imine (C=N–C) groups is 1. The normalized spacial score (nSPS) is 12.2. The first-order chi connectivity index (χ1) is 11.1. The number of guanidine groups is 1. The number of hydrogen-bond donors (Lipinski definition) is 2. The van der Waals surface area contributed by atoms with Crippen LogP contribution in [-0.4, -0.2) is 30.6 Å². The van der Waals surface area contributed by atoms with Crippen LogP contribution in [0.3, 0.4) is 0 Å². The number of benzene rings is 1. The Morgan fingerprint density at radius 3 is 2.83 bits per heavy atom. The molecule has 2 aromatic rings. The van der Waals surface area contributed by atoms with Crippen LogP contribution in [0, 0.1) is 12.7 Å². The molecule has 0 bridgehead atoms. The molecule has 24 heavy (non-hydrogen) atoms. The van der Waals surface area contributed by atoms with Gasteiger partial charge < -0.3 is 15.4 Å². The van der Waals surface area contributed by atoms with Gasteiger partial charge in [-0.15, -0.1) is 35.3 Å². The summed E-state index contributed by atoms with van der Waals surface area (Å²) in [6, 6.07) is 6.13. The SMILES string of the molecule is CN=C(NCc1scnc1C)NCC(C)Oc1cccc(F)c1.I. The minimum Gasteiger partial charge on any atom is -0.489 e. The summed E-state index contributed by atoms with van der Waals surface area (Å²) in [6.07, 6.45) is -0.125. The van der Waals surface area contributed by atoms with Gasteiger partial charge in [-0.2, -0.15) is 0 Å². The molecule has 1 atom stereocenters. The van der Waals surface area contributed by atoms with Crippen LogP contribution in [0.4, 0.5) is 4.39 Å². The van der Waals surface area contributed by atoms with Crippen LogP contribution in [0.15, 0.2) is 34.8 Å². The zero-order valence-electron chi connectivity index (χ0n) is 13.9. The van der Waals surface area contributed by atoms with Gasteiger partial charge in [0, 0.05) is 18.0 Å². The van der Waals surface area contributed by atoms with E-state index in [9.17, 15) is 4.39 Å². The molecule has 0 saturated heterocycles. The van der Waals surface area contributed by atoms with Gasteiger partial charge in [0.1, 0.15) is 17.7 Å². The third kappa shape index (κ3) is 6.60. The van der Waals surface area contributed by atoms with Crippen LogP contribution < -0.4 is 15.4 Å². The van der Waals surface area contributed by atoms with Gasteiger partial charge >= 0.3 is 0 Å². The number of ether oxygens (including phenoxy) is 1. The number of thiazole rings is 1. The molecule has 1 aromatic carbocycles. The summed E-state index contributed by atoms with van der Waals surface area (Å²) < 4.78 is 18.8. The van der Waals surface area contributed by atoms with Crippen molar-refractivity contribution < 1.29 is 9.13 Å². The summed E-state index contributed by atoms with van der Waals surface area (Å²) in [5.41, 5.74) is 2.86. The fraction of sp³-hybridized carbons (Fsp3) is 0.375. The number of halogens is 2. The molecule has 1 aromatic heterocycles. The number of aryl methyl sites for hydroxylation is 1. The zero-order valence-corrected chi connectivity index (χ0v) is 17.0. The van der Waals surface area contributed by atoms with Crippen LogP contribution in [0.2, 0.25) is 0 Å². The van der Waals surface area contributed by atoms with E-state index in [4.69, 9.17) is 4.74 Å². The smallest absolute Gasteiger partial charge is 0.191 e. The van der Waals surface area contributed by atoms with E-state index >= 15 is 0 Å². The van der Waals surface area contributed by atoms with E-state index in [0.717, 1.165) is 5.69 Å². The van der Waals surface area contributed by atoms with Gasteiger partial charge in [0.05, 0.1) is 24.3 Å². The third-order valence-corrected chi connectivity index (χ3v) is 4.11. The zero-order chi connectivity index (χ0) is 16.7. The molecule has 0 aliphatic heterocycles. The standard InChI is InChI=1S/C16H21FN4OS.HI/c1-11(22-14-6-4-5-13(17)7-14)8-19-16(18-3)20-9-15-12(2)21-10-23-15;/h4-7,10-11H,8-9H2,1-3H3,(H2,18,19,20);1H. The quantitative estimate of drug-likeness (QED) is 0.391. The first-order valence-corrected chi connectivity index (χ1v) is 8.22. The van der Waals surface area contributed by atoms with Crippen molar-refractivity contribution in [2.75, 3.05) is 13.6 Å². The minimum absolute atomic E-state index is 0. The van der Waals surface area contributed by atoms with Crippen molar-refractivity contribution in [1.82, 2.24) is 15.6 Å². The molecule has 1 unspecified atom stereocenters. The van der Waals surface area contributed by atoms with Crippen molar-refractivity contribution in [3.8, 4) is 5.75 Å². The summed E-state index contributed by atoms with van der Waals surface area (Å²) in [5, 5.41) is 6.43. The second-order valence-corrected chi connectivity index (χ2v) is 5.99. The highest BCUT2D eigenvalue weighted by Gasteiger charge is 2.07. The Hall–Kier alpha value is -1.42. The number of hydrogen-bond acceptors (Lipinski definition) is 4. The number of aromatic nitrogens is 1. The Morgan fingerprint density at radius 2 is 2.21 bits per heavy atom. The monoisotopic (exact) mass is 464 g/mol. The van der Waals surface area contributed by atoms with Crippen LogP contribution in [0.25, 0.3) is 0 Å². The highest BCUT2D eigenvalue weighted by Crippen LogP contribution is 2.13. The maximum atomic E-state index is 13.1. The summed E-state index contributed by atoms with van der Waals surface area (Å²) in [4.78, 5) is 9.57. The molecule has 0 amide bonds. The van der Waals surface area contributed by atoms with Gasteiger partial charge in [0.15, 0.2) is 5.96 Å². The predicted octanol–water partition coefficient (Wildman–Crippen LogP) is 3.34. The van der Waals surface area contributed by atoms with Crippen molar-refractivity contribution in [1.29, 1.82) is 0 Å². The van der Waals surface area contributed by atoms with E-state index < -0.39 is 0 Å². The fourth-order valence-corrected chi connectivity index (χ4v) is 2.65. The molecule has 0 fully saturated rings. The maximum absolute atomic E-state index is 13.1. The molecule has 2 N–H and O–H groups in total. The summed E-state index contributed by atoms with van der Waals surface area (Å²) in [5.74, 6) is 0.898. The lowest BCUT2D eigenvalue weighted by atomic mass is 10.3. The van der Waals surface area contributed by atoms with Gasteiger partial charge in [-0.05, 0) is 26.0 Å². The molecule has 2 rings (SSSR count). The third-order valence-electron chi connectivity index (χ3n) is 3.18. The van der Waals surface area contributed by atoms with Crippen LogP contribution >= 0.6 is 35.3 Å². The summed E-state index contributed by atoms with van der Waals surface area (Å²) >= 11 is 1.61. The topological polar surface area (TPSA) is 58.5 Å². The van der Waals surface area contributed by atoms with Gasteiger partial charge in [-0.25, -0.2) is 9.37 Å². The van der Waals surface area contributed by atoms with Crippen molar-refractivity contribution in [2.45, 2.75) is 26.5 Å². The molecule has 132 valence electrons. The van der Waals surface area contributed by atoms with E-state index in [2.05, 4.69) is 20.6 Å². The summed E-state index contributed by atoms with van der Waals surface area (Å²) in [6.45, 7) is 5.13. The maximum Gasteiger partial charge on any atom is 0.191 e. The van der Waals surface area contributed by atoms with Crippen LogP contribution in [0.1, 0.15) is 17.5 Å². The second-order valence-electron chi connectivity index (χ2n) is 5.05. The molecule has 0 spiro atoms. The Kier molecular flexibility index (Phi) is 8.98. The molecule has 0 saturated carbocycles. The van der Waals surface area contributed by atoms with Crippen LogP contribution in [0.5, 0.6) is 5.75 Å². The number of nitrogens with one attached hydrogen (secondary N) is 2. The molecule has 1 heterocycles. The Balaban J connectivity index is 0.00000288. The molecule has 5 nitrogen and oxygen atoms in total. The minimum atomic E-state index is -0.305. The Morgan fingerprint density at radius 1 is 1.42 bits per heavy atom. The van der Waals surface area contributed by atoms with Gasteiger partial charge in [-0.1, -0.05) is 6.07 Å². The van der Waals surface area contributed by atoms with E-state index in [-0.39, 0.29) is 35.9 Å². The number of rotatable bonds is 6. The van der Waals surface area contributed by atoms with Crippen molar-refractivity contribution in [3.63, 3.8) is 0 Å². The Labute approximate surface area is 162 Å². The second kappa shape index (κ2) is 10.4. The predicted molar refractivity (Wildman–Crippen MR) is 107 cm³/mol. The number of nitrogens with zero attached hydrogens (tertiary/aromatic N) is 2. The van der Waals surface area contributed by atoms with Gasteiger partial charge in [0.25, 0.3) is 0 Å². The van der Waals surface area contributed by atoms with Crippen molar-refractivity contribution in [3.05, 3.63) is 46.2 Å². The Bertz CT molecular complexity index is 665. The molecule has 0 radical (unpaired) electrons. The first kappa shape index (κ1) is 20.6. The molecule has 8 heteroatoms. The average molecular weight is 464 g/mol. The molecule has 0 aliphatic rings. The van der Waals surface area contributed by atoms with Gasteiger partial charge in [-0.3, -0.25) is 4.99 Å². The first-order valence-electron chi connectivity index (χ1n) is 7.34. The van der Waals surface area contributed by atoms with Gasteiger partial charge in [0.2, 0.25) is 0 Å². The summed E-state index contributed by atoms with van der Waals surface area (Å²) in [7, 11) is 1.72. The highest BCUT2D eigenvalue weighted by atomic mass is 127. The van der Waals surface area contributed by atoms with E-state index in [1.165, 1.54) is 17.0 Å². The fourth-order valence-electron chi connectivity index (χ4n) is 1.94. The lowest BCUT2D eigenvalue weighted by molar-refractivity contribution is 0.223. The highest BCUT2D eigenvalue weighted by molar-refractivity contribution is 14.0. The van der Waals surface area contributed by atoms with E-state index in [1.807, 2.05) is 19.4 Å².